The van der Waals surface area contributed by atoms with E-state index in [1.54, 1.807) is 11.3 Å². The highest BCUT2D eigenvalue weighted by Crippen LogP contribution is 2.30. The zero-order chi connectivity index (χ0) is 14.3. The second-order valence-corrected chi connectivity index (χ2v) is 8.24. The minimum Gasteiger partial charge on any atom is -0.307 e. The van der Waals surface area contributed by atoms with Crippen molar-refractivity contribution in [1.29, 1.82) is 0 Å². The summed E-state index contributed by atoms with van der Waals surface area (Å²) in [5.74, 6) is 0. The van der Waals surface area contributed by atoms with Gasteiger partial charge in [-0.25, -0.2) is 4.98 Å². The van der Waals surface area contributed by atoms with Crippen molar-refractivity contribution in [2.45, 2.75) is 77.5 Å². The van der Waals surface area contributed by atoms with Gasteiger partial charge in [-0.2, -0.15) is 0 Å². The minimum absolute atomic E-state index is 0.192. The second-order valence-electron chi connectivity index (χ2n) is 7.18. The average molecular weight is 281 g/mol. The third-order valence-corrected chi connectivity index (χ3v) is 4.55. The molecule has 2 N–H and O–H groups in total. The fraction of sp³-hybridized carbons (Fsp3) is 0.800. The van der Waals surface area contributed by atoms with Crippen LogP contribution in [-0.4, -0.2) is 22.1 Å². The first-order chi connectivity index (χ1) is 8.67. The predicted octanol–water partition coefficient (Wildman–Crippen LogP) is 3.41. The maximum atomic E-state index is 4.59. The first-order valence-electron chi connectivity index (χ1n) is 7.14. The predicted molar refractivity (Wildman–Crippen MR) is 82.7 cm³/mol. The van der Waals surface area contributed by atoms with E-state index in [-0.39, 0.29) is 11.1 Å². The van der Waals surface area contributed by atoms with Gasteiger partial charge >= 0.3 is 0 Å². The summed E-state index contributed by atoms with van der Waals surface area (Å²) in [6, 6.07) is 0.878. The van der Waals surface area contributed by atoms with Crippen LogP contribution >= 0.6 is 11.3 Å². The van der Waals surface area contributed by atoms with E-state index in [0.717, 1.165) is 17.8 Å². The number of piperidine rings is 1. The molecule has 1 aromatic heterocycles. The van der Waals surface area contributed by atoms with Crippen LogP contribution in [0, 0.1) is 6.92 Å². The van der Waals surface area contributed by atoms with Crippen LogP contribution in [-0.2, 0) is 0 Å². The molecule has 1 unspecified atom stereocenters. The quantitative estimate of drug-likeness (QED) is 0.891. The van der Waals surface area contributed by atoms with Crippen molar-refractivity contribution < 1.29 is 0 Å². The lowest BCUT2D eigenvalue weighted by Crippen LogP contribution is -2.61. The lowest BCUT2D eigenvalue weighted by atomic mass is 9.79. The van der Waals surface area contributed by atoms with Crippen molar-refractivity contribution in [3.05, 3.63) is 16.1 Å². The van der Waals surface area contributed by atoms with Gasteiger partial charge in [0, 0.05) is 28.5 Å². The number of aromatic nitrogens is 1. The van der Waals surface area contributed by atoms with Crippen molar-refractivity contribution in [3.63, 3.8) is 0 Å². The summed E-state index contributed by atoms with van der Waals surface area (Å²) in [5.41, 5.74) is 1.56. The molecule has 19 heavy (non-hydrogen) atoms. The highest BCUT2D eigenvalue weighted by molar-refractivity contribution is 7.09. The molecule has 0 aliphatic carbocycles. The third kappa shape index (κ3) is 4.01. The maximum absolute atomic E-state index is 4.59. The lowest BCUT2D eigenvalue weighted by molar-refractivity contribution is 0.140. The molecule has 1 atom stereocenters. The van der Waals surface area contributed by atoms with Crippen LogP contribution in [0.5, 0.6) is 0 Å². The maximum Gasteiger partial charge on any atom is 0.0898 e. The molecular weight excluding hydrogens is 254 g/mol. The smallest absolute Gasteiger partial charge is 0.0898 e. The van der Waals surface area contributed by atoms with Gasteiger partial charge in [0.25, 0.3) is 0 Å². The molecule has 1 aliphatic heterocycles. The second kappa shape index (κ2) is 5.15. The summed E-state index contributed by atoms with van der Waals surface area (Å²) in [7, 11) is 0. The minimum atomic E-state index is 0.192. The molecule has 0 radical (unpaired) electrons. The molecule has 0 aromatic carbocycles. The van der Waals surface area contributed by atoms with Crippen molar-refractivity contribution in [2.24, 2.45) is 0 Å². The SMILES string of the molecule is Cc1nc(C(C)NC2CC(C)(C)NC(C)(C)C2)cs1. The molecule has 1 fully saturated rings. The van der Waals surface area contributed by atoms with Gasteiger partial charge in [0.05, 0.1) is 10.7 Å². The third-order valence-electron chi connectivity index (χ3n) is 3.76. The van der Waals surface area contributed by atoms with E-state index in [1.165, 1.54) is 5.69 Å². The molecule has 3 nitrogen and oxygen atoms in total. The van der Waals surface area contributed by atoms with Crippen molar-refractivity contribution in [3.8, 4) is 0 Å². The fourth-order valence-corrected chi connectivity index (χ4v) is 4.16. The summed E-state index contributed by atoms with van der Waals surface area (Å²) < 4.78 is 0. The average Bonchev–Trinajstić information content (AvgIpc) is 2.59. The molecule has 2 rings (SSSR count). The summed E-state index contributed by atoms with van der Waals surface area (Å²) >= 11 is 1.73. The van der Waals surface area contributed by atoms with Crippen molar-refractivity contribution in [1.82, 2.24) is 15.6 Å². The first kappa shape index (κ1) is 14.9. The molecule has 1 aliphatic rings. The highest BCUT2D eigenvalue weighted by Gasteiger charge is 2.37. The topological polar surface area (TPSA) is 37.0 Å². The summed E-state index contributed by atoms with van der Waals surface area (Å²) in [5, 5.41) is 10.8. The van der Waals surface area contributed by atoms with Gasteiger partial charge in [0.1, 0.15) is 0 Å². The Morgan fingerprint density at radius 3 is 2.37 bits per heavy atom. The Kier molecular flexibility index (Phi) is 4.05. The number of nitrogens with zero attached hydrogens (tertiary/aromatic N) is 1. The van der Waals surface area contributed by atoms with Crippen LogP contribution in [0.15, 0.2) is 5.38 Å². The number of thiazole rings is 1. The van der Waals surface area contributed by atoms with Gasteiger partial charge in [-0.3, -0.25) is 0 Å². The normalized spacial score (nSPS) is 24.3. The summed E-state index contributed by atoms with van der Waals surface area (Å²) in [6.07, 6.45) is 2.31. The van der Waals surface area contributed by atoms with E-state index in [9.17, 15) is 0 Å². The molecule has 0 saturated carbocycles. The van der Waals surface area contributed by atoms with E-state index >= 15 is 0 Å². The van der Waals surface area contributed by atoms with Gasteiger partial charge in [0.15, 0.2) is 0 Å². The van der Waals surface area contributed by atoms with Gasteiger partial charge < -0.3 is 10.6 Å². The molecule has 108 valence electrons. The van der Waals surface area contributed by atoms with E-state index in [4.69, 9.17) is 0 Å². The molecule has 2 heterocycles. The van der Waals surface area contributed by atoms with Crippen LogP contribution in [0.2, 0.25) is 0 Å². The number of hydrogen-bond acceptors (Lipinski definition) is 4. The molecule has 0 bridgehead atoms. The zero-order valence-corrected chi connectivity index (χ0v) is 13.8. The van der Waals surface area contributed by atoms with Gasteiger partial charge in [-0.1, -0.05) is 0 Å². The Hall–Kier alpha value is -0.450. The standard InChI is InChI=1S/C15H27N3S/c1-10(13-9-19-11(2)17-13)16-12-7-14(3,4)18-15(5,6)8-12/h9-10,12,16,18H,7-8H2,1-6H3. The number of nitrogens with one attached hydrogen (secondary N) is 2. The van der Waals surface area contributed by atoms with Crippen molar-refractivity contribution >= 4 is 11.3 Å². The van der Waals surface area contributed by atoms with Crippen molar-refractivity contribution in [2.75, 3.05) is 0 Å². The van der Waals surface area contributed by atoms with E-state index in [0.29, 0.717) is 12.1 Å². The molecular formula is C15H27N3S. The monoisotopic (exact) mass is 281 g/mol. The zero-order valence-electron chi connectivity index (χ0n) is 13.0. The van der Waals surface area contributed by atoms with Crippen LogP contribution in [0.25, 0.3) is 0 Å². The van der Waals surface area contributed by atoms with Gasteiger partial charge in [0.2, 0.25) is 0 Å². The lowest BCUT2D eigenvalue weighted by Gasteiger charge is -2.47. The van der Waals surface area contributed by atoms with E-state index in [2.05, 4.69) is 62.5 Å². The molecule has 1 aromatic rings. The van der Waals surface area contributed by atoms with Crippen LogP contribution in [0.4, 0.5) is 0 Å². The van der Waals surface area contributed by atoms with Crippen LogP contribution < -0.4 is 10.6 Å². The Balaban J connectivity index is 2.02. The number of rotatable bonds is 3. The fourth-order valence-electron chi connectivity index (χ4n) is 3.46. The van der Waals surface area contributed by atoms with Gasteiger partial charge in [-0.05, 0) is 54.4 Å². The summed E-state index contributed by atoms with van der Waals surface area (Å²) in [4.78, 5) is 4.59. The first-order valence-corrected chi connectivity index (χ1v) is 8.02. The van der Waals surface area contributed by atoms with E-state index < -0.39 is 0 Å². The molecule has 0 spiro atoms. The van der Waals surface area contributed by atoms with Crippen LogP contribution in [0.3, 0.4) is 0 Å². The Labute approximate surface area is 121 Å². The molecule has 0 amide bonds. The molecule has 4 heteroatoms. The number of aryl methyl sites for hydroxylation is 1. The number of hydrogen-bond donors (Lipinski definition) is 2. The highest BCUT2D eigenvalue weighted by atomic mass is 32.1. The largest absolute Gasteiger partial charge is 0.307 e. The Bertz CT molecular complexity index is 420. The van der Waals surface area contributed by atoms with Gasteiger partial charge in [-0.15, -0.1) is 11.3 Å². The molecule has 1 saturated heterocycles. The van der Waals surface area contributed by atoms with Crippen LogP contribution in [0.1, 0.15) is 64.2 Å². The van der Waals surface area contributed by atoms with E-state index in [1.807, 2.05) is 0 Å². The summed E-state index contributed by atoms with van der Waals surface area (Å²) in [6.45, 7) is 13.5. The Morgan fingerprint density at radius 2 is 1.89 bits per heavy atom. The Morgan fingerprint density at radius 1 is 1.32 bits per heavy atom.